The molecule has 0 aromatic rings. The van der Waals surface area contributed by atoms with Crippen molar-refractivity contribution in [3.63, 3.8) is 0 Å². The van der Waals surface area contributed by atoms with Gasteiger partial charge in [-0.15, -0.1) is 0 Å². The predicted molar refractivity (Wildman–Crippen MR) is 124 cm³/mol. The number of ether oxygens (including phenoxy) is 3. The molecule has 2 aliphatic rings. The number of unbranched alkanes of at least 4 members (excludes halogenated alkanes) is 8. The number of cyclic esters (lactones) is 1. The summed E-state index contributed by atoms with van der Waals surface area (Å²) < 4.78 is 17.4. The third-order valence-electron chi connectivity index (χ3n) is 6.39. The smallest absolute Gasteiger partial charge is 0.306 e. The van der Waals surface area contributed by atoms with Gasteiger partial charge in [-0.1, -0.05) is 64.0 Å². The van der Waals surface area contributed by atoms with E-state index < -0.39 is 11.9 Å². The Bertz CT molecular complexity index is 530. The van der Waals surface area contributed by atoms with Crippen molar-refractivity contribution < 1.29 is 24.1 Å². The van der Waals surface area contributed by atoms with Crippen molar-refractivity contribution in [3.05, 3.63) is 12.2 Å². The van der Waals surface area contributed by atoms with Gasteiger partial charge in [-0.05, 0) is 58.8 Å². The van der Waals surface area contributed by atoms with Gasteiger partial charge in [0.25, 0.3) is 0 Å². The third kappa shape index (κ3) is 10.5. The molecule has 1 N–H and O–H groups in total. The molecule has 2 fully saturated rings. The molecule has 4 atom stereocenters. The second-order valence-corrected chi connectivity index (χ2v) is 9.74. The molecule has 0 spiro atoms. The quantitative estimate of drug-likeness (QED) is 0.176. The van der Waals surface area contributed by atoms with Gasteiger partial charge >= 0.3 is 5.97 Å². The number of allylic oxidation sites excluding steroid dienone is 2. The Balaban J connectivity index is 1.58. The molecule has 0 amide bonds. The van der Waals surface area contributed by atoms with Crippen molar-refractivity contribution in [3.8, 4) is 0 Å². The van der Waals surface area contributed by atoms with Gasteiger partial charge in [0.1, 0.15) is 6.10 Å². The van der Waals surface area contributed by atoms with Crippen LogP contribution in [0.1, 0.15) is 117 Å². The average molecular weight is 439 g/mol. The van der Waals surface area contributed by atoms with Gasteiger partial charge in [-0.25, -0.2) is 0 Å². The molecule has 31 heavy (non-hydrogen) atoms. The molecule has 0 radical (unpaired) electrons. The summed E-state index contributed by atoms with van der Waals surface area (Å²) in [4.78, 5) is 11.3. The van der Waals surface area contributed by atoms with Crippen LogP contribution >= 0.6 is 0 Å². The summed E-state index contributed by atoms with van der Waals surface area (Å²) in [6.45, 7) is 6.17. The minimum atomic E-state index is -0.619. The Labute approximate surface area is 189 Å². The summed E-state index contributed by atoms with van der Waals surface area (Å²) in [5, 5.41) is 10.3. The van der Waals surface area contributed by atoms with Crippen LogP contribution in [0.4, 0.5) is 0 Å². The molecule has 2 aliphatic heterocycles. The maximum absolute atomic E-state index is 11.3. The Kier molecular flexibility index (Phi) is 12.1. The fraction of sp³-hybridized carbons (Fsp3) is 0.885. The monoisotopic (exact) mass is 438 g/mol. The first-order valence-corrected chi connectivity index (χ1v) is 12.8. The number of aliphatic hydroxyl groups excluding tert-OH is 1. The number of hydrogen-bond acceptors (Lipinski definition) is 5. The number of esters is 1. The molecule has 180 valence electrons. The molecule has 0 unspecified atom stereocenters. The second kappa shape index (κ2) is 14.3. The van der Waals surface area contributed by atoms with Crippen molar-refractivity contribution in [2.75, 3.05) is 0 Å². The van der Waals surface area contributed by atoms with E-state index in [4.69, 9.17) is 14.2 Å². The molecular formula is C26H46O5. The Morgan fingerprint density at radius 1 is 0.968 bits per heavy atom. The van der Waals surface area contributed by atoms with Crippen molar-refractivity contribution >= 4 is 5.97 Å². The van der Waals surface area contributed by atoms with Crippen molar-refractivity contribution in [2.24, 2.45) is 0 Å². The highest BCUT2D eigenvalue weighted by Crippen LogP contribution is 2.34. The van der Waals surface area contributed by atoms with Crippen molar-refractivity contribution in [1.29, 1.82) is 0 Å². The van der Waals surface area contributed by atoms with Crippen LogP contribution in [0.25, 0.3) is 0 Å². The molecule has 2 heterocycles. The number of aliphatic hydroxyl groups is 1. The number of hydrogen-bond donors (Lipinski definition) is 1. The van der Waals surface area contributed by atoms with Crippen LogP contribution in [0.15, 0.2) is 12.2 Å². The topological polar surface area (TPSA) is 65.0 Å². The van der Waals surface area contributed by atoms with Gasteiger partial charge in [-0.3, -0.25) is 4.79 Å². The minimum Gasteiger partial charge on any atom is -0.460 e. The average Bonchev–Trinajstić information content (AvgIpc) is 3.29. The first-order valence-electron chi connectivity index (χ1n) is 12.8. The van der Waals surface area contributed by atoms with E-state index >= 15 is 0 Å². The molecular weight excluding hydrogens is 392 g/mol. The van der Waals surface area contributed by atoms with Crippen LogP contribution in [0.5, 0.6) is 0 Å². The lowest BCUT2D eigenvalue weighted by atomic mass is 9.99. The lowest BCUT2D eigenvalue weighted by molar-refractivity contribution is -0.148. The van der Waals surface area contributed by atoms with Crippen LogP contribution < -0.4 is 0 Å². The maximum Gasteiger partial charge on any atom is 0.306 e. The van der Waals surface area contributed by atoms with Gasteiger partial charge in [0.15, 0.2) is 5.79 Å². The van der Waals surface area contributed by atoms with Crippen LogP contribution in [-0.4, -0.2) is 41.3 Å². The zero-order chi connectivity index (χ0) is 22.5. The number of carbonyl (C=O) groups excluding carboxylic acids is 1. The molecule has 0 bridgehead atoms. The van der Waals surface area contributed by atoms with Gasteiger partial charge < -0.3 is 19.3 Å². The van der Waals surface area contributed by atoms with E-state index in [9.17, 15) is 9.90 Å². The lowest BCUT2D eigenvalue weighted by Gasteiger charge is -2.21. The van der Waals surface area contributed by atoms with E-state index in [0.29, 0.717) is 25.7 Å². The fourth-order valence-electron chi connectivity index (χ4n) is 4.63. The van der Waals surface area contributed by atoms with E-state index in [1.165, 1.54) is 51.4 Å². The molecule has 0 aliphatic carbocycles. The van der Waals surface area contributed by atoms with E-state index in [2.05, 4.69) is 19.1 Å². The normalized spacial score (nSPS) is 26.6. The summed E-state index contributed by atoms with van der Waals surface area (Å²) in [6, 6.07) is 0. The van der Waals surface area contributed by atoms with E-state index in [0.717, 1.165) is 19.3 Å². The van der Waals surface area contributed by atoms with Crippen molar-refractivity contribution in [1.82, 2.24) is 0 Å². The van der Waals surface area contributed by atoms with Crippen LogP contribution in [0, 0.1) is 0 Å². The highest BCUT2D eigenvalue weighted by molar-refractivity contribution is 5.71. The standard InChI is InChI=1S/C26H46O5/c1-4-5-6-7-8-9-10-11-12-13-14-15-16-23-24(31-26(2,3)30-23)18-17-21(27)22-19-20-25(28)29-22/h13-14,21-24,27H,4-12,15-20H2,1-3H3/b14-13-/t21-,22-,23-,24-/m1/s1. The van der Waals surface area contributed by atoms with E-state index in [1.54, 1.807) is 0 Å². The lowest BCUT2D eigenvalue weighted by Crippen LogP contribution is -2.29. The highest BCUT2D eigenvalue weighted by Gasteiger charge is 2.41. The first kappa shape index (κ1) is 26.3. The SMILES string of the molecule is CCCCCCCCCC/C=C\CC[C@H]1OC(C)(C)O[C@@H]1CC[C@@H](O)[C@H]1CCC(=O)O1. The molecule has 2 saturated heterocycles. The minimum absolute atomic E-state index is 0.0251. The molecule has 5 heteroatoms. The summed E-state index contributed by atoms with van der Waals surface area (Å²) in [5.74, 6) is -0.789. The van der Waals surface area contributed by atoms with E-state index in [1.807, 2.05) is 13.8 Å². The summed E-state index contributed by atoms with van der Waals surface area (Å²) >= 11 is 0. The summed E-state index contributed by atoms with van der Waals surface area (Å²) in [6.07, 6.45) is 19.9. The van der Waals surface area contributed by atoms with E-state index in [-0.39, 0.29) is 24.3 Å². The van der Waals surface area contributed by atoms with Crippen LogP contribution in [0.2, 0.25) is 0 Å². The Morgan fingerprint density at radius 3 is 2.23 bits per heavy atom. The zero-order valence-electron chi connectivity index (χ0n) is 20.2. The van der Waals surface area contributed by atoms with Gasteiger partial charge in [0, 0.05) is 6.42 Å². The number of rotatable bonds is 16. The largest absolute Gasteiger partial charge is 0.460 e. The highest BCUT2D eigenvalue weighted by atomic mass is 16.7. The first-order chi connectivity index (χ1) is 14.9. The molecule has 5 nitrogen and oxygen atoms in total. The van der Waals surface area contributed by atoms with Crippen molar-refractivity contribution in [2.45, 2.75) is 147 Å². The number of carbonyl (C=O) groups is 1. The summed E-state index contributed by atoms with van der Waals surface area (Å²) in [7, 11) is 0. The third-order valence-corrected chi connectivity index (χ3v) is 6.39. The molecule has 0 aromatic heterocycles. The van der Waals surface area contributed by atoms with Gasteiger partial charge in [-0.2, -0.15) is 0 Å². The molecule has 2 rings (SSSR count). The predicted octanol–water partition coefficient (Wildman–Crippen LogP) is 6.22. The molecule has 0 aromatic carbocycles. The van der Waals surface area contributed by atoms with Crippen LogP contribution in [0.3, 0.4) is 0 Å². The summed E-state index contributed by atoms with van der Waals surface area (Å²) in [5.41, 5.74) is 0. The van der Waals surface area contributed by atoms with Crippen LogP contribution in [-0.2, 0) is 19.0 Å². The zero-order valence-corrected chi connectivity index (χ0v) is 20.2. The van der Waals surface area contributed by atoms with Gasteiger partial charge in [0.05, 0.1) is 18.3 Å². The molecule has 0 saturated carbocycles. The maximum atomic E-state index is 11.3. The van der Waals surface area contributed by atoms with Gasteiger partial charge in [0.2, 0.25) is 0 Å². The second-order valence-electron chi connectivity index (χ2n) is 9.74. The Morgan fingerprint density at radius 2 is 1.58 bits per heavy atom. The Hall–Kier alpha value is -0.910. The fourth-order valence-corrected chi connectivity index (χ4v) is 4.63.